The molecule has 1 fully saturated rings. The second-order valence-electron chi connectivity index (χ2n) is 6.74. The van der Waals surface area contributed by atoms with Gasteiger partial charge in [-0.3, -0.25) is 4.79 Å². The molecular formula is C19H21NO3. The maximum atomic E-state index is 12.7. The summed E-state index contributed by atoms with van der Waals surface area (Å²) in [6.45, 7) is 1.33. The molecule has 0 saturated carbocycles. The van der Waals surface area contributed by atoms with Crippen LogP contribution in [0.1, 0.15) is 48.0 Å². The first-order valence-corrected chi connectivity index (χ1v) is 8.46. The smallest absolute Gasteiger partial charge is 0.339 e. The topological polar surface area (TPSA) is 46.6 Å². The Kier molecular flexibility index (Phi) is 3.47. The van der Waals surface area contributed by atoms with E-state index < -0.39 is 5.60 Å². The Morgan fingerprint density at radius 1 is 1.17 bits per heavy atom. The molecule has 1 amide bonds. The number of nitrogens with zero attached hydrogens (tertiary/aromatic N) is 1. The predicted octanol–water partition coefficient (Wildman–Crippen LogP) is 3.03. The first-order chi connectivity index (χ1) is 11.2. The van der Waals surface area contributed by atoms with Crippen molar-refractivity contribution in [2.45, 2.75) is 37.7 Å². The Labute approximate surface area is 136 Å². The summed E-state index contributed by atoms with van der Waals surface area (Å²) < 4.78 is 5.75. The summed E-state index contributed by atoms with van der Waals surface area (Å²) in [5.41, 5.74) is 1.17. The van der Waals surface area contributed by atoms with Crippen LogP contribution in [0.25, 0.3) is 0 Å². The SMILES string of the molecule is O=C1OC2(CCN(C(=O)C3CC=CCC3)CC2)c2ccccc21. The van der Waals surface area contributed by atoms with Gasteiger partial charge in [0, 0.05) is 37.4 Å². The Bertz CT molecular complexity index is 671. The van der Waals surface area contributed by atoms with Crippen LogP contribution in [0, 0.1) is 5.92 Å². The van der Waals surface area contributed by atoms with Crippen LogP contribution in [-0.4, -0.2) is 29.9 Å². The van der Waals surface area contributed by atoms with Crippen molar-refractivity contribution in [2.75, 3.05) is 13.1 Å². The first kappa shape index (κ1) is 14.5. The fourth-order valence-corrected chi connectivity index (χ4v) is 4.08. The molecule has 0 radical (unpaired) electrons. The fraction of sp³-hybridized carbons (Fsp3) is 0.474. The van der Waals surface area contributed by atoms with E-state index in [0.29, 0.717) is 31.5 Å². The quantitative estimate of drug-likeness (QED) is 0.591. The molecule has 4 rings (SSSR count). The van der Waals surface area contributed by atoms with Crippen LogP contribution >= 0.6 is 0 Å². The van der Waals surface area contributed by atoms with Gasteiger partial charge in [0.25, 0.3) is 0 Å². The summed E-state index contributed by atoms with van der Waals surface area (Å²) in [7, 11) is 0. The summed E-state index contributed by atoms with van der Waals surface area (Å²) in [6.07, 6.45) is 8.48. The molecule has 3 aliphatic rings. The second-order valence-corrected chi connectivity index (χ2v) is 6.74. The summed E-state index contributed by atoms with van der Waals surface area (Å²) in [6, 6.07) is 7.64. The van der Waals surface area contributed by atoms with Gasteiger partial charge in [-0.2, -0.15) is 0 Å². The lowest BCUT2D eigenvalue weighted by Gasteiger charge is -2.39. The molecule has 1 unspecified atom stereocenters. The van der Waals surface area contributed by atoms with Gasteiger partial charge in [0.2, 0.25) is 5.91 Å². The Hall–Kier alpha value is -2.10. The van der Waals surface area contributed by atoms with E-state index in [9.17, 15) is 9.59 Å². The number of hydrogen-bond donors (Lipinski definition) is 0. The number of piperidine rings is 1. The Morgan fingerprint density at radius 3 is 2.70 bits per heavy atom. The molecule has 120 valence electrons. The number of rotatable bonds is 1. The normalized spacial score (nSPS) is 25.3. The number of amides is 1. The first-order valence-electron chi connectivity index (χ1n) is 8.46. The van der Waals surface area contributed by atoms with Crippen molar-refractivity contribution in [1.82, 2.24) is 4.90 Å². The van der Waals surface area contributed by atoms with Gasteiger partial charge < -0.3 is 9.64 Å². The highest BCUT2D eigenvalue weighted by atomic mass is 16.6. The summed E-state index contributed by atoms with van der Waals surface area (Å²) in [4.78, 5) is 26.7. The summed E-state index contributed by atoms with van der Waals surface area (Å²) in [5, 5.41) is 0. The van der Waals surface area contributed by atoms with Gasteiger partial charge in [0.15, 0.2) is 0 Å². The fourth-order valence-electron chi connectivity index (χ4n) is 4.08. The third kappa shape index (κ3) is 2.37. The van der Waals surface area contributed by atoms with Crippen LogP contribution in [-0.2, 0) is 15.1 Å². The Morgan fingerprint density at radius 2 is 1.96 bits per heavy atom. The zero-order valence-corrected chi connectivity index (χ0v) is 13.2. The molecule has 1 aromatic rings. The molecule has 0 bridgehead atoms. The van der Waals surface area contributed by atoms with Gasteiger partial charge in [-0.25, -0.2) is 4.79 Å². The average molecular weight is 311 g/mol. The molecule has 1 atom stereocenters. The molecule has 1 aliphatic carbocycles. The number of carbonyl (C=O) groups excluding carboxylic acids is 2. The predicted molar refractivity (Wildman–Crippen MR) is 85.8 cm³/mol. The zero-order valence-electron chi connectivity index (χ0n) is 13.2. The molecule has 0 aromatic heterocycles. The third-order valence-electron chi connectivity index (χ3n) is 5.43. The van der Waals surface area contributed by atoms with Crippen molar-refractivity contribution in [3.05, 3.63) is 47.5 Å². The number of carbonyl (C=O) groups is 2. The van der Waals surface area contributed by atoms with Gasteiger partial charge in [-0.05, 0) is 25.3 Å². The number of likely N-dealkylation sites (tertiary alicyclic amines) is 1. The van der Waals surface area contributed by atoms with E-state index in [2.05, 4.69) is 12.2 Å². The number of benzene rings is 1. The van der Waals surface area contributed by atoms with E-state index in [1.165, 1.54) is 0 Å². The van der Waals surface area contributed by atoms with Crippen LogP contribution in [0.2, 0.25) is 0 Å². The standard InChI is InChI=1S/C19H21NO3/c21-17(14-6-2-1-3-7-14)20-12-10-19(11-13-20)16-9-5-4-8-15(16)18(22)23-19/h1-2,4-5,8-9,14H,3,6-7,10-13H2. The molecular weight excluding hydrogens is 290 g/mol. The maximum absolute atomic E-state index is 12.7. The highest BCUT2D eigenvalue weighted by Gasteiger charge is 2.47. The Balaban J connectivity index is 1.48. The lowest BCUT2D eigenvalue weighted by molar-refractivity contribution is -0.140. The maximum Gasteiger partial charge on any atom is 0.339 e. The van der Waals surface area contributed by atoms with E-state index >= 15 is 0 Å². The number of hydrogen-bond acceptors (Lipinski definition) is 3. The second kappa shape index (κ2) is 5.52. The molecule has 2 aliphatic heterocycles. The number of esters is 1. The van der Waals surface area contributed by atoms with Crippen molar-refractivity contribution in [3.8, 4) is 0 Å². The van der Waals surface area contributed by atoms with Gasteiger partial charge in [-0.15, -0.1) is 0 Å². The molecule has 1 saturated heterocycles. The van der Waals surface area contributed by atoms with Crippen LogP contribution in [0.5, 0.6) is 0 Å². The highest BCUT2D eigenvalue weighted by Crippen LogP contribution is 2.44. The van der Waals surface area contributed by atoms with E-state index in [1.54, 1.807) is 0 Å². The number of fused-ring (bicyclic) bond motifs is 2. The molecule has 23 heavy (non-hydrogen) atoms. The van der Waals surface area contributed by atoms with E-state index in [-0.39, 0.29) is 17.8 Å². The van der Waals surface area contributed by atoms with Crippen molar-refractivity contribution < 1.29 is 14.3 Å². The summed E-state index contributed by atoms with van der Waals surface area (Å²) in [5.74, 6) is 0.173. The van der Waals surface area contributed by atoms with Gasteiger partial charge in [-0.1, -0.05) is 30.4 Å². The minimum atomic E-state index is -0.517. The molecule has 1 aromatic carbocycles. The highest BCUT2D eigenvalue weighted by molar-refractivity contribution is 5.94. The monoisotopic (exact) mass is 311 g/mol. The lowest BCUT2D eigenvalue weighted by Crippen LogP contribution is -2.47. The van der Waals surface area contributed by atoms with Crippen molar-refractivity contribution >= 4 is 11.9 Å². The number of allylic oxidation sites excluding steroid dienone is 2. The van der Waals surface area contributed by atoms with Crippen LogP contribution in [0.3, 0.4) is 0 Å². The minimum absolute atomic E-state index is 0.132. The molecule has 2 heterocycles. The van der Waals surface area contributed by atoms with Crippen molar-refractivity contribution in [1.29, 1.82) is 0 Å². The molecule has 4 heteroatoms. The van der Waals surface area contributed by atoms with Gasteiger partial charge >= 0.3 is 5.97 Å². The minimum Gasteiger partial charge on any atom is -0.450 e. The van der Waals surface area contributed by atoms with Gasteiger partial charge in [0.1, 0.15) is 5.60 Å². The average Bonchev–Trinajstić information content (AvgIpc) is 2.88. The van der Waals surface area contributed by atoms with E-state index in [4.69, 9.17) is 4.74 Å². The third-order valence-corrected chi connectivity index (χ3v) is 5.43. The number of ether oxygens (including phenoxy) is 1. The molecule has 4 nitrogen and oxygen atoms in total. The van der Waals surface area contributed by atoms with Gasteiger partial charge in [0.05, 0.1) is 5.56 Å². The van der Waals surface area contributed by atoms with Crippen molar-refractivity contribution in [2.24, 2.45) is 5.92 Å². The summed E-state index contributed by atoms with van der Waals surface area (Å²) >= 11 is 0. The van der Waals surface area contributed by atoms with Crippen LogP contribution in [0.15, 0.2) is 36.4 Å². The van der Waals surface area contributed by atoms with Crippen LogP contribution in [0.4, 0.5) is 0 Å². The molecule has 1 spiro atoms. The molecule has 0 N–H and O–H groups in total. The largest absolute Gasteiger partial charge is 0.450 e. The lowest BCUT2D eigenvalue weighted by atomic mass is 9.83. The van der Waals surface area contributed by atoms with Crippen molar-refractivity contribution in [3.63, 3.8) is 0 Å². The zero-order chi connectivity index (χ0) is 15.9. The van der Waals surface area contributed by atoms with E-state index in [0.717, 1.165) is 24.8 Å². The van der Waals surface area contributed by atoms with E-state index in [1.807, 2.05) is 29.2 Å². The van der Waals surface area contributed by atoms with Crippen LogP contribution < -0.4 is 0 Å².